The number of carbonyl (C=O) groups excluding carboxylic acids is 2. The molecule has 0 bridgehead atoms. The Labute approximate surface area is 236 Å². The van der Waals surface area contributed by atoms with E-state index in [9.17, 15) is 9.59 Å². The molecule has 202 valence electrons. The first-order valence-electron chi connectivity index (χ1n) is 12.7. The minimum absolute atomic E-state index is 0.0224. The van der Waals surface area contributed by atoms with Crippen molar-refractivity contribution >= 4 is 39.0 Å². The van der Waals surface area contributed by atoms with E-state index in [1.165, 1.54) is 21.3 Å². The van der Waals surface area contributed by atoms with E-state index in [0.29, 0.717) is 46.9 Å². The number of amides is 1. The number of hydrogen-bond acceptors (Lipinski definition) is 6. The smallest absolute Gasteiger partial charge is 0.259 e. The van der Waals surface area contributed by atoms with Crippen LogP contribution in [0.15, 0.2) is 76.4 Å². The first kappa shape index (κ1) is 26.8. The van der Waals surface area contributed by atoms with Crippen LogP contribution in [0.1, 0.15) is 48.7 Å². The van der Waals surface area contributed by atoms with E-state index in [2.05, 4.69) is 35.1 Å². The molecule has 8 heteroatoms. The second-order valence-corrected chi connectivity index (χ2v) is 11.4. The van der Waals surface area contributed by atoms with E-state index in [4.69, 9.17) is 14.2 Å². The summed E-state index contributed by atoms with van der Waals surface area (Å²) in [5.41, 5.74) is 3.82. The monoisotopic (exact) mass is 590 g/mol. The van der Waals surface area contributed by atoms with Gasteiger partial charge >= 0.3 is 0 Å². The lowest BCUT2D eigenvalue weighted by molar-refractivity contribution is -0.118. The highest BCUT2D eigenvalue weighted by atomic mass is 79.9. The summed E-state index contributed by atoms with van der Waals surface area (Å²) in [5, 5.41) is 3.55. The molecule has 1 amide bonds. The molecule has 1 heterocycles. The number of fused-ring (bicyclic) bond motifs is 1. The third-order valence-electron chi connectivity index (χ3n) is 7.20. The van der Waals surface area contributed by atoms with E-state index >= 15 is 0 Å². The fourth-order valence-corrected chi connectivity index (χ4v) is 5.96. The zero-order chi connectivity index (χ0) is 27.9. The van der Waals surface area contributed by atoms with E-state index in [-0.39, 0.29) is 17.1 Å². The number of para-hydroxylation sites is 2. The third kappa shape index (κ3) is 4.89. The van der Waals surface area contributed by atoms with Crippen LogP contribution < -0.4 is 24.4 Å². The maximum absolute atomic E-state index is 14.6. The third-order valence-corrected chi connectivity index (χ3v) is 7.69. The van der Waals surface area contributed by atoms with Gasteiger partial charge in [-0.05, 0) is 53.8 Å². The molecule has 0 saturated carbocycles. The summed E-state index contributed by atoms with van der Waals surface area (Å²) in [6, 6.07) is 18.0. The maximum Gasteiger partial charge on any atom is 0.259 e. The molecule has 1 N–H and O–H groups in total. The van der Waals surface area contributed by atoms with Crippen molar-refractivity contribution in [2.24, 2.45) is 5.41 Å². The molecule has 1 aliphatic carbocycles. The van der Waals surface area contributed by atoms with E-state index in [0.717, 1.165) is 21.4 Å². The van der Waals surface area contributed by atoms with Crippen molar-refractivity contribution in [2.45, 2.75) is 32.7 Å². The number of nitrogens with zero attached hydrogens (tertiary/aromatic N) is 1. The average Bonchev–Trinajstić information content (AvgIpc) is 3.05. The molecule has 0 aromatic heterocycles. The molecule has 3 aromatic carbocycles. The Morgan fingerprint density at radius 1 is 0.949 bits per heavy atom. The van der Waals surface area contributed by atoms with Crippen molar-refractivity contribution in [1.29, 1.82) is 0 Å². The standard InChI is InChI=1S/C31H31BrN2O5/c1-31(2)16-22-27(24(35)17-31)28(18-9-8-10-20(32)13-18)34(23-12-7-6-11-21(23)33-22)30(36)19-14-25(37-3)29(39-5)26(15-19)38-4/h6-15,28,33H,16-17H2,1-5H3/t28-/m0/s1. The van der Waals surface area contributed by atoms with Crippen LogP contribution in [0.2, 0.25) is 0 Å². The van der Waals surface area contributed by atoms with Crippen LogP contribution in [-0.4, -0.2) is 33.0 Å². The SMILES string of the molecule is COc1cc(C(=O)N2c3ccccc3NC3=C(C(=O)CC(C)(C)C3)[C@@H]2c2cccc(Br)c2)cc(OC)c1OC. The first-order valence-corrected chi connectivity index (χ1v) is 13.5. The molecular weight excluding hydrogens is 560 g/mol. The van der Waals surface area contributed by atoms with Crippen molar-refractivity contribution in [2.75, 3.05) is 31.5 Å². The van der Waals surface area contributed by atoms with Crippen LogP contribution in [0.3, 0.4) is 0 Å². The van der Waals surface area contributed by atoms with Crippen LogP contribution in [0.4, 0.5) is 11.4 Å². The van der Waals surface area contributed by atoms with Gasteiger partial charge in [-0.2, -0.15) is 0 Å². The molecule has 0 saturated heterocycles. The minimum Gasteiger partial charge on any atom is -0.493 e. The molecule has 1 atom stereocenters. The quantitative estimate of drug-likeness (QED) is 0.347. The van der Waals surface area contributed by atoms with Crippen molar-refractivity contribution in [3.63, 3.8) is 0 Å². The maximum atomic E-state index is 14.6. The van der Waals surface area contributed by atoms with Gasteiger partial charge in [0.05, 0.1) is 38.7 Å². The van der Waals surface area contributed by atoms with Gasteiger partial charge < -0.3 is 19.5 Å². The highest BCUT2D eigenvalue weighted by molar-refractivity contribution is 9.10. The number of benzene rings is 3. The van der Waals surface area contributed by atoms with Gasteiger partial charge in [0.25, 0.3) is 5.91 Å². The molecule has 7 nitrogen and oxygen atoms in total. The second-order valence-electron chi connectivity index (χ2n) is 10.5. The summed E-state index contributed by atoms with van der Waals surface area (Å²) in [6.07, 6.45) is 1.07. The average molecular weight is 592 g/mol. The number of carbonyl (C=O) groups is 2. The number of nitrogens with one attached hydrogen (secondary N) is 1. The van der Waals surface area contributed by atoms with Crippen molar-refractivity contribution in [1.82, 2.24) is 0 Å². The van der Waals surface area contributed by atoms with Gasteiger partial charge in [0.2, 0.25) is 5.75 Å². The Balaban J connectivity index is 1.79. The fraction of sp³-hybridized carbons (Fsp3) is 0.290. The minimum atomic E-state index is -0.663. The summed E-state index contributed by atoms with van der Waals surface area (Å²) in [6.45, 7) is 4.19. The second kappa shape index (κ2) is 10.4. The van der Waals surface area contributed by atoms with Gasteiger partial charge in [0, 0.05) is 27.7 Å². The number of halogens is 1. The summed E-state index contributed by atoms with van der Waals surface area (Å²) in [5.74, 6) is 0.855. The molecule has 5 rings (SSSR count). The largest absolute Gasteiger partial charge is 0.493 e. The predicted octanol–water partition coefficient (Wildman–Crippen LogP) is 6.93. The number of ether oxygens (including phenoxy) is 3. The van der Waals surface area contributed by atoms with Gasteiger partial charge in [0.1, 0.15) is 0 Å². The molecule has 0 unspecified atom stereocenters. The molecule has 39 heavy (non-hydrogen) atoms. The number of Topliss-reactive ketones (excluding diaryl/α,β-unsaturated/α-hetero) is 1. The number of anilines is 2. The number of allylic oxidation sites excluding steroid dienone is 1. The highest BCUT2D eigenvalue weighted by Crippen LogP contribution is 2.49. The van der Waals surface area contributed by atoms with E-state index in [1.54, 1.807) is 17.0 Å². The summed E-state index contributed by atoms with van der Waals surface area (Å²) < 4.78 is 17.4. The number of methoxy groups -OCH3 is 3. The zero-order valence-corrected chi connectivity index (χ0v) is 24.2. The number of rotatable bonds is 5. The van der Waals surface area contributed by atoms with Crippen LogP contribution in [0, 0.1) is 5.41 Å². The van der Waals surface area contributed by atoms with Crippen LogP contribution in [-0.2, 0) is 4.79 Å². The Bertz CT molecular complexity index is 1470. The highest BCUT2D eigenvalue weighted by Gasteiger charge is 2.43. The summed E-state index contributed by atoms with van der Waals surface area (Å²) in [4.78, 5) is 30.2. The van der Waals surface area contributed by atoms with Gasteiger partial charge in [-0.1, -0.05) is 54.0 Å². The van der Waals surface area contributed by atoms with Crippen LogP contribution in [0.5, 0.6) is 17.2 Å². The van der Waals surface area contributed by atoms with Gasteiger partial charge in [-0.15, -0.1) is 0 Å². The lowest BCUT2D eigenvalue weighted by Gasteiger charge is -2.37. The fourth-order valence-electron chi connectivity index (χ4n) is 5.55. The Hall–Kier alpha value is -3.78. The normalized spacial score (nSPS) is 17.9. The van der Waals surface area contributed by atoms with Crippen molar-refractivity contribution in [3.05, 3.63) is 87.5 Å². The lowest BCUT2D eigenvalue weighted by Crippen LogP contribution is -2.39. The van der Waals surface area contributed by atoms with Gasteiger partial charge in [-0.3, -0.25) is 14.5 Å². The van der Waals surface area contributed by atoms with Gasteiger partial charge in [-0.25, -0.2) is 0 Å². The number of hydrogen-bond donors (Lipinski definition) is 1. The molecule has 0 spiro atoms. The Morgan fingerprint density at radius 3 is 2.28 bits per heavy atom. The zero-order valence-electron chi connectivity index (χ0n) is 22.6. The molecule has 0 fully saturated rings. The van der Waals surface area contributed by atoms with Crippen molar-refractivity contribution < 1.29 is 23.8 Å². The molecule has 2 aliphatic rings. The topological polar surface area (TPSA) is 77.1 Å². The molecular formula is C31H31BrN2O5. The molecule has 3 aromatic rings. The van der Waals surface area contributed by atoms with Crippen molar-refractivity contribution in [3.8, 4) is 17.2 Å². The lowest BCUT2D eigenvalue weighted by atomic mass is 9.73. The first-order chi connectivity index (χ1) is 18.7. The molecule has 0 radical (unpaired) electrons. The molecule has 1 aliphatic heterocycles. The van der Waals surface area contributed by atoms with E-state index < -0.39 is 6.04 Å². The number of ketones is 1. The summed E-state index contributed by atoms with van der Waals surface area (Å²) >= 11 is 3.59. The predicted molar refractivity (Wildman–Crippen MR) is 155 cm³/mol. The Kier molecular flexibility index (Phi) is 7.16. The summed E-state index contributed by atoms with van der Waals surface area (Å²) in [7, 11) is 4.55. The van der Waals surface area contributed by atoms with E-state index in [1.807, 2.05) is 48.5 Å². The van der Waals surface area contributed by atoms with Crippen LogP contribution >= 0.6 is 15.9 Å². The van der Waals surface area contributed by atoms with Gasteiger partial charge in [0.15, 0.2) is 17.3 Å². The van der Waals surface area contributed by atoms with Crippen LogP contribution in [0.25, 0.3) is 0 Å². The Morgan fingerprint density at radius 2 is 1.64 bits per heavy atom.